The summed E-state index contributed by atoms with van der Waals surface area (Å²) in [6, 6.07) is 9.26. The predicted octanol–water partition coefficient (Wildman–Crippen LogP) is 1.72. The van der Waals surface area contributed by atoms with Gasteiger partial charge in [0.2, 0.25) is 0 Å². The molecule has 1 aromatic carbocycles. The van der Waals surface area contributed by atoms with Gasteiger partial charge in [-0.15, -0.1) is 0 Å². The maximum Gasteiger partial charge on any atom is 0.333 e. The van der Waals surface area contributed by atoms with Gasteiger partial charge in [0, 0.05) is 11.6 Å². The van der Waals surface area contributed by atoms with Crippen LogP contribution < -0.4 is 0 Å². The molecule has 21 heavy (non-hydrogen) atoms. The van der Waals surface area contributed by atoms with Gasteiger partial charge in [0.15, 0.2) is 0 Å². The molecular weight excluding hydrogens is 272 g/mol. The summed E-state index contributed by atoms with van der Waals surface area (Å²) in [5.41, 5.74) is 1.11. The number of hydrogen-bond acceptors (Lipinski definition) is 5. The van der Waals surface area contributed by atoms with Gasteiger partial charge >= 0.3 is 11.9 Å². The van der Waals surface area contributed by atoms with Crippen molar-refractivity contribution in [3.05, 3.63) is 54.1 Å². The smallest absolute Gasteiger partial charge is 0.333 e. The number of carbonyl (C=O) groups excluding carboxylic acids is 2. The molecule has 0 aliphatic heterocycles. The van der Waals surface area contributed by atoms with Gasteiger partial charge in [0.25, 0.3) is 0 Å². The van der Waals surface area contributed by atoms with E-state index in [2.05, 4.69) is 6.58 Å². The summed E-state index contributed by atoms with van der Waals surface area (Å²) >= 11 is 0. The van der Waals surface area contributed by atoms with E-state index in [0.29, 0.717) is 0 Å². The lowest BCUT2D eigenvalue weighted by molar-refractivity contribution is -0.146. The van der Waals surface area contributed by atoms with Crippen molar-refractivity contribution in [2.75, 3.05) is 13.2 Å². The standard InChI is InChI=1S/C16H18O5/c1-12(2)16(19)21-11-14(17)10-20-15(18)9-8-13-6-4-3-5-7-13/h3-9,14,17H,1,10-11H2,2H3. The Labute approximate surface area is 123 Å². The topological polar surface area (TPSA) is 72.8 Å². The van der Waals surface area contributed by atoms with E-state index in [0.717, 1.165) is 5.56 Å². The maximum absolute atomic E-state index is 11.4. The molecule has 0 fully saturated rings. The first kappa shape index (κ1) is 16.7. The van der Waals surface area contributed by atoms with Gasteiger partial charge in [-0.25, -0.2) is 9.59 Å². The minimum Gasteiger partial charge on any atom is -0.460 e. The number of hydrogen-bond donors (Lipinski definition) is 1. The Morgan fingerprint density at radius 1 is 1.24 bits per heavy atom. The molecular formula is C16H18O5. The molecule has 0 bridgehead atoms. The first-order valence-electron chi connectivity index (χ1n) is 6.39. The third-order valence-corrected chi connectivity index (χ3v) is 2.38. The van der Waals surface area contributed by atoms with Gasteiger partial charge < -0.3 is 14.6 Å². The van der Waals surface area contributed by atoms with E-state index in [1.807, 2.05) is 30.3 Å². The van der Waals surface area contributed by atoms with E-state index in [1.54, 1.807) is 6.08 Å². The molecule has 1 rings (SSSR count). The lowest BCUT2D eigenvalue weighted by atomic mass is 10.2. The largest absolute Gasteiger partial charge is 0.460 e. The fraction of sp³-hybridized carbons (Fsp3) is 0.250. The van der Waals surface area contributed by atoms with Crippen molar-refractivity contribution in [2.45, 2.75) is 13.0 Å². The van der Waals surface area contributed by atoms with E-state index < -0.39 is 18.0 Å². The Morgan fingerprint density at radius 3 is 2.48 bits per heavy atom. The molecule has 1 unspecified atom stereocenters. The third kappa shape index (κ3) is 7.08. The number of rotatable bonds is 7. The average molecular weight is 290 g/mol. The maximum atomic E-state index is 11.4. The van der Waals surface area contributed by atoms with Crippen molar-refractivity contribution in [3.8, 4) is 0 Å². The van der Waals surface area contributed by atoms with Gasteiger partial charge in [-0.05, 0) is 18.6 Å². The van der Waals surface area contributed by atoms with Crippen LogP contribution in [0.3, 0.4) is 0 Å². The normalized spacial score (nSPS) is 11.9. The van der Waals surface area contributed by atoms with Crippen LogP contribution in [0.1, 0.15) is 12.5 Å². The molecule has 0 heterocycles. The first-order chi connectivity index (χ1) is 9.99. The first-order valence-corrected chi connectivity index (χ1v) is 6.39. The van der Waals surface area contributed by atoms with E-state index in [9.17, 15) is 14.7 Å². The lowest BCUT2D eigenvalue weighted by Gasteiger charge is -2.11. The van der Waals surface area contributed by atoms with Crippen molar-refractivity contribution >= 4 is 18.0 Å². The fourth-order valence-corrected chi connectivity index (χ4v) is 1.30. The Balaban J connectivity index is 2.28. The second-order valence-corrected chi connectivity index (χ2v) is 4.41. The second kappa shape index (κ2) is 8.71. The van der Waals surface area contributed by atoms with E-state index in [1.165, 1.54) is 13.0 Å². The summed E-state index contributed by atoms with van der Waals surface area (Å²) in [4.78, 5) is 22.5. The molecule has 1 N–H and O–H groups in total. The Kier molecular flexibility index (Phi) is 6.91. The Hall–Kier alpha value is -2.40. The zero-order valence-electron chi connectivity index (χ0n) is 11.8. The zero-order chi connectivity index (χ0) is 15.7. The van der Waals surface area contributed by atoms with Crippen LogP contribution in [-0.2, 0) is 19.1 Å². The summed E-state index contributed by atoms with van der Waals surface area (Å²) in [5.74, 6) is -1.17. The predicted molar refractivity (Wildman–Crippen MR) is 78.2 cm³/mol. The van der Waals surface area contributed by atoms with Crippen molar-refractivity contribution in [2.24, 2.45) is 0 Å². The van der Waals surface area contributed by atoms with Crippen molar-refractivity contribution in [3.63, 3.8) is 0 Å². The van der Waals surface area contributed by atoms with Crippen molar-refractivity contribution < 1.29 is 24.2 Å². The van der Waals surface area contributed by atoms with Crippen LogP contribution in [0, 0.1) is 0 Å². The van der Waals surface area contributed by atoms with E-state index in [-0.39, 0.29) is 18.8 Å². The van der Waals surface area contributed by atoms with Gasteiger partial charge in [0.05, 0.1) is 0 Å². The van der Waals surface area contributed by atoms with Gasteiger partial charge in [-0.2, -0.15) is 0 Å². The number of carbonyl (C=O) groups is 2. The molecule has 0 spiro atoms. The summed E-state index contributed by atoms with van der Waals surface area (Å²) in [5, 5.41) is 9.51. The molecule has 0 saturated carbocycles. The van der Waals surface area contributed by atoms with Crippen LogP contribution in [0.25, 0.3) is 6.08 Å². The summed E-state index contributed by atoms with van der Waals surface area (Å²) < 4.78 is 9.56. The number of aliphatic hydroxyl groups is 1. The number of aliphatic hydroxyl groups excluding tert-OH is 1. The molecule has 112 valence electrons. The molecule has 1 aromatic rings. The highest BCUT2D eigenvalue weighted by Gasteiger charge is 2.11. The minimum atomic E-state index is -1.07. The minimum absolute atomic E-state index is 0.241. The molecule has 0 saturated heterocycles. The van der Waals surface area contributed by atoms with Crippen LogP contribution in [-0.4, -0.2) is 36.4 Å². The van der Waals surface area contributed by atoms with Crippen LogP contribution in [0.2, 0.25) is 0 Å². The number of esters is 2. The molecule has 0 radical (unpaired) electrons. The van der Waals surface area contributed by atoms with E-state index >= 15 is 0 Å². The molecule has 0 aromatic heterocycles. The monoisotopic (exact) mass is 290 g/mol. The van der Waals surface area contributed by atoms with Crippen molar-refractivity contribution in [1.82, 2.24) is 0 Å². The highest BCUT2D eigenvalue weighted by atomic mass is 16.6. The van der Waals surface area contributed by atoms with Gasteiger partial charge in [-0.3, -0.25) is 0 Å². The molecule has 1 atom stereocenters. The average Bonchev–Trinajstić information content (AvgIpc) is 2.49. The van der Waals surface area contributed by atoms with Crippen LogP contribution in [0.4, 0.5) is 0 Å². The molecule has 0 aliphatic rings. The van der Waals surface area contributed by atoms with Crippen LogP contribution >= 0.6 is 0 Å². The number of benzene rings is 1. The lowest BCUT2D eigenvalue weighted by Crippen LogP contribution is -2.25. The molecule has 5 nitrogen and oxygen atoms in total. The highest BCUT2D eigenvalue weighted by molar-refractivity contribution is 5.87. The molecule has 5 heteroatoms. The van der Waals surface area contributed by atoms with E-state index in [4.69, 9.17) is 9.47 Å². The Bertz CT molecular complexity index is 519. The Morgan fingerprint density at radius 2 is 1.86 bits per heavy atom. The summed E-state index contributed by atoms with van der Waals surface area (Å²) in [6.45, 7) is 4.42. The second-order valence-electron chi connectivity index (χ2n) is 4.41. The third-order valence-electron chi connectivity index (χ3n) is 2.38. The SMILES string of the molecule is C=C(C)C(=O)OCC(O)COC(=O)C=Cc1ccccc1. The molecule has 0 amide bonds. The quantitative estimate of drug-likeness (QED) is 0.611. The number of ether oxygens (including phenoxy) is 2. The van der Waals surface area contributed by atoms with Gasteiger partial charge in [-0.1, -0.05) is 36.9 Å². The summed E-state index contributed by atoms with van der Waals surface area (Å²) in [6.07, 6.45) is 1.81. The van der Waals surface area contributed by atoms with Crippen LogP contribution in [0.5, 0.6) is 0 Å². The highest BCUT2D eigenvalue weighted by Crippen LogP contribution is 2.01. The fourth-order valence-electron chi connectivity index (χ4n) is 1.30. The van der Waals surface area contributed by atoms with Crippen molar-refractivity contribution in [1.29, 1.82) is 0 Å². The zero-order valence-corrected chi connectivity index (χ0v) is 11.8. The summed E-state index contributed by atoms with van der Waals surface area (Å²) in [7, 11) is 0. The van der Waals surface area contributed by atoms with Crippen LogP contribution in [0.15, 0.2) is 48.6 Å². The van der Waals surface area contributed by atoms with Gasteiger partial charge in [0.1, 0.15) is 19.3 Å². The molecule has 0 aliphatic carbocycles.